The highest BCUT2D eigenvalue weighted by Gasteiger charge is 2.40. The smallest absolute Gasteiger partial charge is 0.323 e. The van der Waals surface area contributed by atoms with Crippen molar-refractivity contribution in [2.45, 2.75) is 24.6 Å². The molecule has 0 saturated carbocycles. The number of carbonyl (C=O) groups excluding carboxylic acids is 3. The van der Waals surface area contributed by atoms with E-state index in [1.54, 1.807) is 31.2 Å². The highest BCUT2D eigenvalue weighted by atomic mass is 32.2. The molecule has 2 N–H and O–H groups in total. The summed E-state index contributed by atoms with van der Waals surface area (Å²) in [5.74, 6) is -0.757. The molecule has 6 nitrogen and oxygen atoms in total. The minimum Gasteiger partial charge on any atom is -0.465 e. The molecule has 1 aromatic carbocycles. The van der Waals surface area contributed by atoms with E-state index in [-0.39, 0.29) is 30.6 Å². The SMILES string of the molecule is CCOC(=O)[C@@H](N)CSC1CC(=O)N(c2ccccc2)C1=O. The van der Waals surface area contributed by atoms with Gasteiger partial charge in [0.2, 0.25) is 11.8 Å². The summed E-state index contributed by atoms with van der Waals surface area (Å²) < 4.78 is 4.82. The van der Waals surface area contributed by atoms with Crippen LogP contribution < -0.4 is 10.6 Å². The zero-order valence-electron chi connectivity index (χ0n) is 12.2. The van der Waals surface area contributed by atoms with Crippen LogP contribution in [0, 0.1) is 0 Å². The van der Waals surface area contributed by atoms with Gasteiger partial charge in [-0.2, -0.15) is 0 Å². The van der Waals surface area contributed by atoms with Crippen molar-refractivity contribution in [2.24, 2.45) is 5.73 Å². The highest BCUT2D eigenvalue weighted by Crippen LogP contribution is 2.29. The standard InChI is InChI=1S/C15H18N2O4S/c1-2-21-15(20)11(16)9-22-12-8-13(18)17(14(12)19)10-6-4-3-5-7-10/h3-7,11-12H,2,8-9,16H2,1H3/t11-,12?/m0/s1. The third-order valence-corrected chi connectivity index (χ3v) is 4.51. The summed E-state index contributed by atoms with van der Waals surface area (Å²) in [5.41, 5.74) is 6.27. The molecule has 2 rings (SSSR count). The fourth-order valence-electron chi connectivity index (χ4n) is 2.12. The summed E-state index contributed by atoms with van der Waals surface area (Å²) in [6.07, 6.45) is 0.119. The summed E-state index contributed by atoms with van der Waals surface area (Å²) >= 11 is 1.22. The molecule has 0 bridgehead atoms. The number of nitrogens with zero attached hydrogens (tertiary/aromatic N) is 1. The lowest BCUT2D eigenvalue weighted by Gasteiger charge is -2.15. The maximum absolute atomic E-state index is 12.4. The van der Waals surface area contributed by atoms with Crippen LogP contribution in [0.2, 0.25) is 0 Å². The van der Waals surface area contributed by atoms with Gasteiger partial charge in [0.05, 0.1) is 17.5 Å². The molecule has 1 aliphatic rings. The Bertz CT molecular complexity index is 564. The number of benzene rings is 1. The monoisotopic (exact) mass is 322 g/mol. The van der Waals surface area contributed by atoms with E-state index >= 15 is 0 Å². The summed E-state index contributed by atoms with van der Waals surface area (Å²) in [6.45, 7) is 1.97. The molecule has 0 aliphatic carbocycles. The maximum atomic E-state index is 12.4. The van der Waals surface area contributed by atoms with Crippen molar-refractivity contribution in [1.82, 2.24) is 0 Å². The van der Waals surface area contributed by atoms with Crippen LogP contribution >= 0.6 is 11.8 Å². The number of esters is 1. The first-order valence-electron chi connectivity index (χ1n) is 7.00. The van der Waals surface area contributed by atoms with Crippen molar-refractivity contribution in [2.75, 3.05) is 17.3 Å². The zero-order chi connectivity index (χ0) is 16.1. The van der Waals surface area contributed by atoms with Gasteiger partial charge in [0, 0.05) is 12.2 Å². The van der Waals surface area contributed by atoms with Crippen LogP contribution in [0.5, 0.6) is 0 Å². The van der Waals surface area contributed by atoms with Gasteiger partial charge in [-0.25, -0.2) is 4.90 Å². The quantitative estimate of drug-likeness (QED) is 0.619. The molecule has 1 heterocycles. The fourth-order valence-corrected chi connectivity index (χ4v) is 3.20. The number of ether oxygens (including phenoxy) is 1. The van der Waals surface area contributed by atoms with Crippen LogP contribution in [0.15, 0.2) is 30.3 Å². The first-order valence-corrected chi connectivity index (χ1v) is 8.05. The van der Waals surface area contributed by atoms with Gasteiger partial charge in [-0.1, -0.05) is 18.2 Å². The lowest BCUT2D eigenvalue weighted by atomic mass is 10.3. The second-order valence-corrected chi connectivity index (χ2v) is 6.02. The number of thioether (sulfide) groups is 1. The van der Waals surface area contributed by atoms with Gasteiger partial charge in [-0.3, -0.25) is 14.4 Å². The number of rotatable bonds is 6. The molecule has 1 saturated heterocycles. The Morgan fingerprint density at radius 1 is 1.41 bits per heavy atom. The van der Waals surface area contributed by atoms with E-state index in [0.717, 1.165) is 0 Å². The molecular formula is C15H18N2O4S. The molecule has 2 atom stereocenters. The molecule has 0 radical (unpaired) electrons. The van der Waals surface area contributed by atoms with Crippen LogP contribution in [0.3, 0.4) is 0 Å². The number of para-hydroxylation sites is 1. The van der Waals surface area contributed by atoms with Crippen LogP contribution in [0.25, 0.3) is 0 Å². The Labute approximate surface area is 133 Å². The number of imide groups is 1. The average Bonchev–Trinajstić information content (AvgIpc) is 2.80. The molecule has 7 heteroatoms. The van der Waals surface area contributed by atoms with E-state index in [2.05, 4.69) is 0 Å². The number of hydrogen-bond donors (Lipinski definition) is 1. The molecule has 1 aliphatic heterocycles. The zero-order valence-corrected chi connectivity index (χ0v) is 13.0. The largest absolute Gasteiger partial charge is 0.465 e. The van der Waals surface area contributed by atoms with Crippen molar-refractivity contribution in [1.29, 1.82) is 0 Å². The van der Waals surface area contributed by atoms with Crippen LogP contribution in [-0.2, 0) is 19.1 Å². The lowest BCUT2D eigenvalue weighted by molar-refractivity contribution is -0.144. The van der Waals surface area contributed by atoms with Gasteiger partial charge in [-0.15, -0.1) is 11.8 Å². The minimum absolute atomic E-state index is 0.119. The molecule has 22 heavy (non-hydrogen) atoms. The van der Waals surface area contributed by atoms with E-state index in [0.29, 0.717) is 5.69 Å². The predicted octanol–water partition coefficient (Wildman–Crippen LogP) is 0.942. The van der Waals surface area contributed by atoms with Crippen molar-refractivity contribution in [3.8, 4) is 0 Å². The summed E-state index contributed by atoms with van der Waals surface area (Å²) in [4.78, 5) is 37.0. The number of amides is 2. The second kappa shape index (κ2) is 7.42. The van der Waals surface area contributed by atoms with Crippen molar-refractivity contribution < 1.29 is 19.1 Å². The second-order valence-electron chi connectivity index (χ2n) is 4.79. The van der Waals surface area contributed by atoms with E-state index in [9.17, 15) is 14.4 Å². The Kier molecular flexibility index (Phi) is 5.57. The number of carbonyl (C=O) groups is 3. The molecule has 0 aromatic heterocycles. The molecule has 1 aromatic rings. The normalized spacial score (nSPS) is 19.4. The Morgan fingerprint density at radius 2 is 2.09 bits per heavy atom. The molecule has 1 fully saturated rings. The molecular weight excluding hydrogens is 304 g/mol. The van der Waals surface area contributed by atoms with Crippen LogP contribution in [0.4, 0.5) is 5.69 Å². The van der Waals surface area contributed by atoms with Crippen LogP contribution in [-0.4, -0.2) is 41.4 Å². The van der Waals surface area contributed by atoms with Crippen LogP contribution in [0.1, 0.15) is 13.3 Å². The van der Waals surface area contributed by atoms with Gasteiger partial charge in [0.25, 0.3) is 0 Å². The Hall–Kier alpha value is -1.86. The van der Waals surface area contributed by atoms with E-state index in [1.807, 2.05) is 6.07 Å². The van der Waals surface area contributed by atoms with Gasteiger partial charge < -0.3 is 10.5 Å². The van der Waals surface area contributed by atoms with E-state index in [1.165, 1.54) is 16.7 Å². The van der Waals surface area contributed by atoms with Crippen molar-refractivity contribution in [3.63, 3.8) is 0 Å². The molecule has 118 valence electrons. The Morgan fingerprint density at radius 3 is 2.73 bits per heavy atom. The van der Waals surface area contributed by atoms with Gasteiger partial charge in [-0.05, 0) is 19.1 Å². The molecule has 0 spiro atoms. The van der Waals surface area contributed by atoms with Gasteiger partial charge in [0.1, 0.15) is 6.04 Å². The lowest BCUT2D eigenvalue weighted by Crippen LogP contribution is -2.36. The number of nitrogens with two attached hydrogens (primary N) is 1. The third kappa shape index (κ3) is 3.66. The Balaban J connectivity index is 1.96. The minimum atomic E-state index is -0.793. The van der Waals surface area contributed by atoms with Gasteiger partial charge >= 0.3 is 5.97 Å². The van der Waals surface area contributed by atoms with E-state index < -0.39 is 17.3 Å². The van der Waals surface area contributed by atoms with E-state index in [4.69, 9.17) is 10.5 Å². The number of anilines is 1. The average molecular weight is 322 g/mol. The summed E-state index contributed by atoms with van der Waals surface area (Å²) in [5, 5.41) is -0.506. The van der Waals surface area contributed by atoms with Gasteiger partial charge in [0.15, 0.2) is 0 Å². The topological polar surface area (TPSA) is 89.7 Å². The third-order valence-electron chi connectivity index (χ3n) is 3.19. The highest BCUT2D eigenvalue weighted by molar-refractivity contribution is 8.00. The predicted molar refractivity (Wildman–Crippen MR) is 84.4 cm³/mol. The number of hydrogen-bond acceptors (Lipinski definition) is 6. The maximum Gasteiger partial charge on any atom is 0.323 e. The molecule has 1 unspecified atom stereocenters. The summed E-state index contributed by atoms with van der Waals surface area (Å²) in [6, 6.07) is 8.00. The molecule has 2 amide bonds. The van der Waals surface area contributed by atoms with Crippen molar-refractivity contribution in [3.05, 3.63) is 30.3 Å². The van der Waals surface area contributed by atoms with Crippen molar-refractivity contribution >= 4 is 35.2 Å². The summed E-state index contributed by atoms with van der Waals surface area (Å²) in [7, 11) is 0. The first-order chi connectivity index (χ1) is 10.5. The first kappa shape index (κ1) is 16.5. The fraction of sp³-hybridized carbons (Fsp3) is 0.400.